The molecule has 0 bridgehead atoms. The van der Waals surface area contributed by atoms with E-state index in [0.717, 1.165) is 25.1 Å². The van der Waals surface area contributed by atoms with Crippen molar-refractivity contribution in [3.8, 4) is 5.75 Å². The highest BCUT2D eigenvalue weighted by Crippen LogP contribution is 2.46. The zero-order valence-electron chi connectivity index (χ0n) is 11.7. The summed E-state index contributed by atoms with van der Waals surface area (Å²) in [6, 6.07) is 5.34. The molecule has 0 aliphatic heterocycles. The van der Waals surface area contributed by atoms with Crippen molar-refractivity contribution in [1.29, 1.82) is 0 Å². The van der Waals surface area contributed by atoms with E-state index in [0.29, 0.717) is 10.5 Å². The quantitative estimate of drug-likeness (QED) is 0.876. The number of benzene rings is 1. The third-order valence-corrected chi connectivity index (χ3v) is 4.97. The van der Waals surface area contributed by atoms with Crippen LogP contribution in [0.15, 0.2) is 22.7 Å². The molecule has 0 aromatic heterocycles. The van der Waals surface area contributed by atoms with Crippen molar-refractivity contribution in [3.63, 3.8) is 0 Å². The zero-order chi connectivity index (χ0) is 14.0. The molecule has 3 atom stereocenters. The van der Waals surface area contributed by atoms with E-state index in [9.17, 15) is 4.39 Å². The zero-order valence-corrected chi connectivity index (χ0v) is 13.3. The molecule has 1 aliphatic carbocycles. The minimum atomic E-state index is -0.260. The van der Waals surface area contributed by atoms with E-state index in [2.05, 4.69) is 42.0 Å². The fourth-order valence-electron chi connectivity index (χ4n) is 2.75. The van der Waals surface area contributed by atoms with Gasteiger partial charge in [-0.25, -0.2) is 4.39 Å². The first kappa shape index (κ1) is 14.8. The van der Waals surface area contributed by atoms with Crippen LogP contribution in [0.3, 0.4) is 0 Å². The first-order valence-corrected chi connectivity index (χ1v) is 7.65. The Kier molecular flexibility index (Phi) is 4.51. The Labute approximate surface area is 122 Å². The molecule has 3 unspecified atom stereocenters. The molecule has 1 fully saturated rings. The van der Waals surface area contributed by atoms with Crippen molar-refractivity contribution < 1.29 is 9.13 Å². The summed E-state index contributed by atoms with van der Waals surface area (Å²) in [4.78, 5) is 0. The van der Waals surface area contributed by atoms with Gasteiger partial charge in [0.2, 0.25) is 0 Å². The molecule has 0 amide bonds. The van der Waals surface area contributed by atoms with Crippen LogP contribution in [0.25, 0.3) is 0 Å². The van der Waals surface area contributed by atoms with Crippen LogP contribution < -0.4 is 10.1 Å². The molecule has 2 nitrogen and oxygen atoms in total. The van der Waals surface area contributed by atoms with Crippen LogP contribution in [0, 0.1) is 11.2 Å². The van der Waals surface area contributed by atoms with Gasteiger partial charge in [-0.05, 0) is 47.1 Å². The summed E-state index contributed by atoms with van der Waals surface area (Å²) in [5.41, 5.74) is 0.150. The maximum absolute atomic E-state index is 13.2. The maximum Gasteiger partial charge on any atom is 0.137 e. The predicted octanol–water partition coefficient (Wildman–Crippen LogP) is 4.13. The van der Waals surface area contributed by atoms with Gasteiger partial charge in [-0.2, -0.15) is 0 Å². The number of halogens is 2. The summed E-state index contributed by atoms with van der Waals surface area (Å²) in [6.45, 7) is 7.56. The maximum atomic E-state index is 13.2. The SMILES string of the molecule is CCNC1CC(Oc2ccc(F)c(Br)c2)C1(C)CC. The molecule has 106 valence electrons. The molecule has 2 rings (SSSR count). The molecule has 0 saturated heterocycles. The highest BCUT2D eigenvalue weighted by atomic mass is 79.9. The Morgan fingerprint density at radius 3 is 2.79 bits per heavy atom. The average Bonchev–Trinajstić information content (AvgIpc) is 2.40. The molecule has 1 aromatic rings. The first-order valence-electron chi connectivity index (χ1n) is 6.86. The van der Waals surface area contributed by atoms with Gasteiger partial charge in [-0.1, -0.05) is 20.8 Å². The van der Waals surface area contributed by atoms with Gasteiger partial charge in [0, 0.05) is 17.9 Å². The van der Waals surface area contributed by atoms with Crippen molar-refractivity contribution in [2.45, 2.75) is 45.8 Å². The lowest BCUT2D eigenvalue weighted by atomic mass is 9.61. The molecule has 0 heterocycles. The Hall–Kier alpha value is -0.610. The second-order valence-electron chi connectivity index (χ2n) is 5.39. The molecule has 0 spiro atoms. The normalized spacial score (nSPS) is 29.9. The van der Waals surface area contributed by atoms with Crippen molar-refractivity contribution in [2.75, 3.05) is 6.54 Å². The Morgan fingerprint density at radius 2 is 2.21 bits per heavy atom. The van der Waals surface area contributed by atoms with Gasteiger partial charge < -0.3 is 10.1 Å². The summed E-state index contributed by atoms with van der Waals surface area (Å²) >= 11 is 3.19. The summed E-state index contributed by atoms with van der Waals surface area (Å²) in [5.74, 6) is 0.470. The van der Waals surface area contributed by atoms with Crippen LogP contribution >= 0.6 is 15.9 Å². The van der Waals surface area contributed by atoms with Crippen molar-refractivity contribution in [1.82, 2.24) is 5.32 Å². The van der Waals surface area contributed by atoms with E-state index in [1.165, 1.54) is 6.07 Å². The fraction of sp³-hybridized carbons (Fsp3) is 0.600. The Bertz CT molecular complexity index is 454. The van der Waals surface area contributed by atoms with Crippen LogP contribution in [0.5, 0.6) is 5.75 Å². The second-order valence-corrected chi connectivity index (χ2v) is 6.24. The largest absolute Gasteiger partial charge is 0.490 e. The average molecular weight is 330 g/mol. The lowest BCUT2D eigenvalue weighted by molar-refractivity contribution is -0.0697. The van der Waals surface area contributed by atoms with E-state index >= 15 is 0 Å². The van der Waals surface area contributed by atoms with Crippen LogP contribution in [-0.2, 0) is 0 Å². The number of rotatable bonds is 5. The summed E-state index contributed by atoms with van der Waals surface area (Å²) in [7, 11) is 0. The lowest BCUT2D eigenvalue weighted by Crippen LogP contribution is -2.63. The molecular formula is C15H21BrFNO. The third-order valence-electron chi connectivity index (χ3n) is 4.36. The van der Waals surface area contributed by atoms with Crippen LogP contribution in [0.1, 0.15) is 33.6 Å². The van der Waals surface area contributed by atoms with E-state index in [1.807, 2.05) is 0 Å². The molecule has 4 heteroatoms. The minimum absolute atomic E-state index is 0.150. The van der Waals surface area contributed by atoms with E-state index in [-0.39, 0.29) is 17.3 Å². The van der Waals surface area contributed by atoms with Gasteiger partial charge in [0.05, 0.1) is 4.47 Å². The lowest BCUT2D eigenvalue weighted by Gasteiger charge is -2.53. The highest BCUT2D eigenvalue weighted by molar-refractivity contribution is 9.10. The smallest absolute Gasteiger partial charge is 0.137 e. The number of ether oxygens (including phenoxy) is 1. The number of hydrogen-bond acceptors (Lipinski definition) is 2. The Balaban J connectivity index is 2.05. The fourth-order valence-corrected chi connectivity index (χ4v) is 3.11. The van der Waals surface area contributed by atoms with E-state index in [4.69, 9.17) is 4.74 Å². The van der Waals surface area contributed by atoms with Gasteiger partial charge in [-0.3, -0.25) is 0 Å². The summed E-state index contributed by atoms with van der Waals surface area (Å²) < 4.78 is 19.7. The van der Waals surface area contributed by atoms with Gasteiger partial charge in [0.15, 0.2) is 0 Å². The molecular weight excluding hydrogens is 309 g/mol. The molecule has 1 aliphatic rings. The summed E-state index contributed by atoms with van der Waals surface area (Å²) in [5, 5.41) is 3.51. The van der Waals surface area contributed by atoms with Gasteiger partial charge >= 0.3 is 0 Å². The summed E-state index contributed by atoms with van der Waals surface area (Å²) in [6.07, 6.45) is 2.27. The monoisotopic (exact) mass is 329 g/mol. The van der Waals surface area contributed by atoms with E-state index < -0.39 is 0 Å². The van der Waals surface area contributed by atoms with Crippen LogP contribution in [0.2, 0.25) is 0 Å². The minimum Gasteiger partial charge on any atom is -0.490 e. The predicted molar refractivity (Wildman–Crippen MR) is 79.0 cm³/mol. The molecule has 1 aromatic carbocycles. The molecule has 1 N–H and O–H groups in total. The molecule has 0 radical (unpaired) electrons. The van der Waals surface area contributed by atoms with Crippen molar-refractivity contribution in [3.05, 3.63) is 28.5 Å². The van der Waals surface area contributed by atoms with Crippen LogP contribution in [-0.4, -0.2) is 18.7 Å². The van der Waals surface area contributed by atoms with E-state index in [1.54, 1.807) is 12.1 Å². The van der Waals surface area contributed by atoms with Crippen molar-refractivity contribution in [2.24, 2.45) is 5.41 Å². The number of nitrogens with one attached hydrogen (secondary N) is 1. The van der Waals surface area contributed by atoms with Crippen molar-refractivity contribution >= 4 is 15.9 Å². The second kappa shape index (κ2) is 5.80. The van der Waals surface area contributed by atoms with Gasteiger partial charge in [0.25, 0.3) is 0 Å². The standard InChI is InChI=1S/C15H21BrFNO/c1-4-15(3)13(18-5-2)9-14(15)19-10-6-7-12(17)11(16)8-10/h6-8,13-14,18H,4-5,9H2,1-3H3. The van der Waals surface area contributed by atoms with Gasteiger partial charge in [-0.15, -0.1) is 0 Å². The third kappa shape index (κ3) is 2.79. The first-order chi connectivity index (χ1) is 9.01. The topological polar surface area (TPSA) is 21.3 Å². The van der Waals surface area contributed by atoms with Crippen LogP contribution in [0.4, 0.5) is 4.39 Å². The van der Waals surface area contributed by atoms with Gasteiger partial charge in [0.1, 0.15) is 17.7 Å². The Morgan fingerprint density at radius 1 is 1.47 bits per heavy atom. The highest BCUT2D eigenvalue weighted by Gasteiger charge is 2.51. The molecule has 1 saturated carbocycles. The number of hydrogen-bond donors (Lipinski definition) is 1. The molecule has 19 heavy (non-hydrogen) atoms.